The van der Waals surface area contributed by atoms with Crippen LogP contribution in [0.4, 0.5) is 0 Å². The van der Waals surface area contributed by atoms with Crippen LogP contribution in [0.25, 0.3) is 0 Å². The first-order valence-corrected chi connectivity index (χ1v) is 35.5. The molecule has 0 radical (unpaired) electrons. The van der Waals surface area contributed by atoms with Crippen molar-refractivity contribution in [3.63, 3.8) is 0 Å². The van der Waals surface area contributed by atoms with E-state index < -0.39 is 353 Å². The van der Waals surface area contributed by atoms with Gasteiger partial charge in [-0.3, -0.25) is 19.2 Å². The molecule has 49 nitrogen and oxygen atoms in total. The number of ether oxygens (including phenoxy) is 17. The van der Waals surface area contributed by atoms with Crippen molar-refractivity contribution in [3.05, 3.63) is 0 Å². The fourth-order valence-corrected chi connectivity index (χ4v) is 14.3. The van der Waals surface area contributed by atoms with E-state index in [2.05, 4.69) is 21.3 Å². The fourth-order valence-electron chi connectivity index (χ4n) is 14.3. The summed E-state index contributed by atoms with van der Waals surface area (Å²) in [4.78, 5) is 50.9. The van der Waals surface area contributed by atoms with E-state index in [1.807, 2.05) is 0 Å². The molecule has 0 saturated carbocycles. The summed E-state index contributed by atoms with van der Waals surface area (Å²) in [6.45, 7) is -3.36. The molecule has 9 heterocycles. The Bertz CT molecular complexity index is 2950. The first-order valence-electron chi connectivity index (χ1n) is 35.5. The van der Waals surface area contributed by atoms with Crippen molar-refractivity contribution >= 4 is 23.6 Å². The second-order valence-corrected chi connectivity index (χ2v) is 28.2. The van der Waals surface area contributed by atoms with E-state index in [0.717, 1.165) is 27.7 Å². The van der Waals surface area contributed by atoms with Gasteiger partial charge in [0.2, 0.25) is 23.6 Å². The number of aliphatic hydroxyl groups is 24. The predicted octanol–water partition coefficient (Wildman–Crippen LogP) is -19.0. The van der Waals surface area contributed by atoms with Crippen molar-refractivity contribution in [1.29, 1.82) is 0 Å². The van der Waals surface area contributed by atoms with Gasteiger partial charge in [0.15, 0.2) is 56.6 Å². The van der Waals surface area contributed by atoms with E-state index in [9.17, 15) is 142 Å². The minimum absolute atomic E-state index is 0.827. The maximum atomic E-state index is 13.2. The SMILES string of the molecule is CC(=O)N[C@@H]1[C@H](O[C@@H]2[C@@H](O[C@@H]3[C@@H](O)[C@H](CO[C@@H]4O[C@@H](CO)[C@H](O)[C@@H](O)[C@H]4O[C@H]4O[C@@H](CO)[C@H](O[C@@H]5O[C@H](CO)[C@H](O)[C@H](O)[C@H]5O)[C@@H](O)[C@@H]4NC(C)=O)O[C@H](O[C@H]4[C@H](O)[C@@H](NC(C)=O)[C@H](O[C@@H]5[C@@H](O)[C@H](NC(C)=O)[C@@H](O)O[C@H]5CO[C@H]5O[C@H](C)[C@H](O)[C@H](O)[C@H]5O)O[C@@H]4CO)[C@@H]3O)O[C@H](CO)[C@@H](O)[C@@H]2O)O[C@H](CO)[C@@H](O)[C@@H]1O. The number of carbonyl (C=O) groups excluding carboxylic acids is 4. The Morgan fingerprint density at radius 3 is 1.03 bits per heavy atom. The van der Waals surface area contributed by atoms with Gasteiger partial charge < -0.3 is 224 Å². The molecule has 45 atom stereocenters. The van der Waals surface area contributed by atoms with Crippen LogP contribution >= 0.6 is 0 Å². The van der Waals surface area contributed by atoms with Crippen LogP contribution in [0.15, 0.2) is 0 Å². The summed E-state index contributed by atoms with van der Waals surface area (Å²) >= 11 is 0. The molecular weight excluding hydrogens is 1520 g/mol. The molecule has 0 unspecified atom stereocenters. The van der Waals surface area contributed by atoms with E-state index in [1.165, 1.54) is 6.92 Å². The molecule has 9 rings (SSSR count). The maximum absolute atomic E-state index is 13.2. The third-order valence-corrected chi connectivity index (χ3v) is 20.3. The molecule has 28 N–H and O–H groups in total. The van der Waals surface area contributed by atoms with Gasteiger partial charge in [0.25, 0.3) is 0 Å². The molecule has 9 aliphatic rings. The Balaban J connectivity index is 1.05. The molecule has 0 aromatic carbocycles. The largest absolute Gasteiger partial charge is 0.394 e. The number of hydrogen-bond donors (Lipinski definition) is 28. The quantitative estimate of drug-likeness (QED) is 0.0346. The van der Waals surface area contributed by atoms with Crippen LogP contribution in [0.2, 0.25) is 0 Å². The van der Waals surface area contributed by atoms with E-state index in [0.29, 0.717) is 0 Å². The summed E-state index contributed by atoms with van der Waals surface area (Å²) in [6.07, 6.45) is -83.2. The van der Waals surface area contributed by atoms with E-state index in [4.69, 9.17) is 80.5 Å². The third kappa shape index (κ3) is 20.3. The topological polar surface area (TPSA) is 759 Å². The smallest absolute Gasteiger partial charge is 0.217 e. The van der Waals surface area contributed by atoms with Gasteiger partial charge in [0, 0.05) is 27.7 Å². The lowest BCUT2D eigenvalue weighted by molar-refractivity contribution is -0.396. The molecular formula is C62H104N4O45. The lowest BCUT2D eigenvalue weighted by atomic mass is 9.93. The van der Waals surface area contributed by atoms with Crippen LogP contribution in [0, 0.1) is 0 Å². The van der Waals surface area contributed by atoms with Crippen LogP contribution in [0.1, 0.15) is 34.6 Å². The lowest BCUT2D eigenvalue weighted by Gasteiger charge is -2.51. The van der Waals surface area contributed by atoms with Crippen molar-refractivity contribution in [3.8, 4) is 0 Å². The van der Waals surface area contributed by atoms with E-state index in [1.54, 1.807) is 0 Å². The van der Waals surface area contributed by atoms with Crippen LogP contribution in [0.5, 0.6) is 0 Å². The van der Waals surface area contributed by atoms with Crippen molar-refractivity contribution in [2.24, 2.45) is 0 Å². The second kappa shape index (κ2) is 39.7. The molecule has 0 spiro atoms. The summed E-state index contributed by atoms with van der Waals surface area (Å²) in [5.74, 6) is -3.59. The zero-order chi connectivity index (χ0) is 81.8. The van der Waals surface area contributed by atoms with Gasteiger partial charge in [-0.1, -0.05) is 0 Å². The Kier molecular flexibility index (Phi) is 32.6. The molecule has 0 bridgehead atoms. The molecule has 49 heteroatoms. The highest BCUT2D eigenvalue weighted by Gasteiger charge is 2.61. The lowest BCUT2D eigenvalue weighted by Crippen LogP contribution is -2.71. The normalized spacial score (nSPS) is 49.3. The van der Waals surface area contributed by atoms with Gasteiger partial charge in [-0.25, -0.2) is 0 Å². The van der Waals surface area contributed by atoms with Crippen molar-refractivity contribution < 1.29 is 222 Å². The summed E-state index contributed by atoms with van der Waals surface area (Å²) in [6, 6.07) is -7.39. The number of carbonyl (C=O) groups is 4. The van der Waals surface area contributed by atoms with E-state index >= 15 is 0 Å². The van der Waals surface area contributed by atoms with Crippen molar-refractivity contribution in [2.45, 2.75) is 311 Å². The summed E-state index contributed by atoms with van der Waals surface area (Å²) < 4.78 is 101. The molecule has 111 heavy (non-hydrogen) atoms. The minimum atomic E-state index is -2.55. The number of rotatable bonds is 28. The number of nitrogens with one attached hydrogen (secondary N) is 4. The van der Waals surface area contributed by atoms with Crippen LogP contribution in [-0.4, -0.2) is 475 Å². The van der Waals surface area contributed by atoms with Crippen molar-refractivity contribution in [2.75, 3.05) is 52.9 Å². The third-order valence-electron chi connectivity index (χ3n) is 20.3. The summed E-state index contributed by atoms with van der Waals surface area (Å²) in [5, 5.41) is 276. The first kappa shape index (κ1) is 91.1. The average molecular weight is 1630 g/mol. The zero-order valence-electron chi connectivity index (χ0n) is 59.9. The monoisotopic (exact) mass is 1620 g/mol. The highest BCUT2D eigenvalue weighted by atomic mass is 16.8. The number of amides is 4. The Morgan fingerprint density at radius 1 is 0.252 bits per heavy atom. The highest BCUT2D eigenvalue weighted by Crippen LogP contribution is 2.40. The molecule has 9 aliphatic heterocycles. The molecule has 9 fully saturated rings. The van der Waals surface area contributed by atoms with Gasteiger partial charge in [0.1, 0.15) is 213 Å². The molecule has 9 saturated heterocycles. The molecule has 642 valence electrons. The van der Waals surface area contributed by atoms with Gasteiger partial charge in [-0.2, -0.15) is 0 Å². The average Bonchev–Trinajstić information content (AvgIpc) is 0.766. The summed E-state index contributed by atoms with van der Waals surface area (Å²) in [5.41, 5.74) is 0. The zero-order valence-corrected chi connectivity index (χ0v) is 59.9. The summed E-state index contributed by atoms with van der Waals surface area (Å²) in [7, 11) is 0. The molecule has 4 amide bonds. The highest BCUT2D eigenvalue weighted by molar-refractivity contribution is 5.74. The first-order chi connectivity index (χ1) is 52.4. The van der Waals surface area contributed by atoms with Gasteiger partial charge in [-0.15, -0.1) is 0 Å². The fraction of sp³-hybridized carbons (Fsp3) is 0.935. The van der Waals surface area contributed by atoms with E-state index in [-0.39, 0.29) is 0 Å². The van der Waals surface area contributed by atoms with Crippen LogP contribution in [0.3, 0.4) is 0 Å². The Hall–Kier alpha value is -3.76. The Morgan fingerprint density at radius 2 is 0.559 bits per heavy atom. The standard InChI is InChI=1S/C62H104N4O45/c1-14-31(77)41(87)45(91)58(97-14)95-13-26-50(38(84)27(54(94)98-26)63-15(2)73)106-56-29(65-17(4)75)39(85)49(24(11-72)103-56)108-60-47(93)51(109-62-53(44(90)35(81)22(9-70)102-62)111-55-28(64-16(3)74)37(83)32(78)19(6-67)99-55)36(82)25(105-60)12-96-61-52(43(89)34(80)21(8-69)101-61)110-57-30(66-18(5)76)40(86)48(23(10-71)104-57)107-59-46(92)42(88)33(79)20(7-68)100-59/h14,19-62,67-72,77-94H,6-13H2,1-5H3,(H,63,73)(H,64,74)(H,65,75)(H,66,76)/t14-,19-,20-,21+,22-,23+,24-,25+,26+,27+,28+,29-,30+,31+,32-,33+,34+,35-,36+,37-,38+,39-,40+,41+,42+,43-,44+,45-,46-,47-,48+,49-,50+,51-,52-,53+,54+,55+,56+,57-,58+,59+,60-,61-,62-/m1/s1. The van der Waals surface area contributed by atoms with Gasteiger partial charge in [0.05, 0.1) is 59.0 Å². The van der Waals surface area contributed by atoms with Gasteiger partial charge in [-0.05, 0) is 6.92 Å². The molecule has 0 aliphatic carbocycles. The number of hydrogen-bond acceptors (Lipinski definition) is 45. The molecule has 0 aromatic rings. The van der Waals surface area contributed by atoms with Crippen LogP contribution < -0.4 is 21.3 Å². The van der Waals surface area contributed by atoms with Gasteiger partial charge >= 0.3 is 0 Å². The van der Waals surface area contributed by atoms with Crippen LogP contribution in [-0.2, 0) is 99.7 Å². The Labute approximate surface area is 629 Å². The second-order valence-electron chi connectivity index (χ2n) is 28.2. The molecule has 0 aromatic heterocycles. The minimum Gasteiger partial charge on any atom is -0.394 e. The maximum Gasteiger partial charge on any atom is 0.217 e. The predicted molar refractivity (Wildman–Crippen MR) is 342 cm³/mol. The number of aliphatic hydroxyl groups excluding tert-OH is 24. The van der Waals surface area contributed by atoms with Crippen molar-refractivity contribution in [1.82, 2.24) is 21.3 Å².